The van der Waals surface area contributed by atoms with E-state index in [1.165, 1.54) is 25.7 Å². The normalized spacial score (nSPS) is 27.6. The third kappa shape index (κ3) is 4.67. The monoisotopic (exact) mass is 225 g/mol. The first-order chi connectivity index (χ1) is 7.77. The van der Waals surface area contributed by atoms with Gasteiger partial charge in [-0.25, -0.2) is 0 Å². The fourth-order valence-electron chi connectivity index (χ4n) is 2.59. The summed E-state index contributed by atoms with van der Waals surface area (Å²) in [4.78, 5) is 0. The Hall–Kier alpha value is -0.340. The predicted molar refractivity (Wildman–Crippen MR) is 69.5 cm³/mol. The predicted octanol–water partition coefficient (Wildman–Crippen LogP) is 3.01. The third-order valence-electron chi connectivity index (χ3n) is 3.54. The fraction of sp³-hybridized carbons (Fsp3) is 0.857. The average Bonchev–Trinajstić information content (AvgIpc) is 2.29. The highest BCUT2D eigenvalue weighted by molar-refractivity contribution is 4.84. The molecule has 1 saturated carbocycles. The summed E-state index contributed by atoms with van der Waals surface area (Å²) < 4.78 is 0. The first-order valence-electron chi connectivity index (χ1n) is 6.83. The minimum atomic E-state index is -0.128. The molecule has 0 aliphatic heterocycles. The Labute approximate surface area is 100 Å². The van der Waals surface area contributed by atoms with E-state index in [2.05, 4.69) is 18.8 Å². The van der Waals surface area contributed by atoms with Crippen molar-refractivity contribution in [3.63, 3.8) is 0 Å². The van der Waals surface area contributed by atoms with Gasteiger partial charge in [-0.2, -0.15) is 0 Å². The summed E-state index contributed by atoms with van der Waals surface area (Å²) in [7, 11) is 0. The van der Waals surface area contributed by atoms with Crippen LogP contribution in [0.5, 0.6) is 0 Å². The van der Waals surface area contributed by atoms with E-state index in [9.17, 15) is 5.11 Å². The van der Waals surface area contributed by atoms with E-state index in [4.69, 9.17) is 0 Å². The van der Waals surface area contributed by atoms with Crippen molar-refractivity contribution in [2.45, 2.75) is 76.5 Å². The number of aliphatic hydroxyl groups is 1. The van der Waals surface area contributed by atoms with Gasteiger partial charge in [0.1, 0.15) is 0 Å². The minimum absolute atomic E-state index is 0.128. The lowest BCUT2D eigenvalue weighted by Crippen LogP contribution is -2.47. The van der Waals surface area contributed by atoms with Gasteiger partial charge in [0, 0.05) is 12.1 Å². The van der Waals surface area contributed by atoms with Crippen molar-refractivity contribution in [1.29, 1.82) is 0 Å². The van der Waals surface area contributed by atoms with Crippen LogP contribution in [-0.4, -0.2) is 23.3 Å². The molecule has 0 spiro atoms. The van der Waals surface area contributed by atoms with Gasteiger partial charge in [-0.05, 0) is 32.1 Å². The van der Waals surface area contributed by atoms with Crippen LogP contribution in [-0.2, 0) is 0 Å². The fourth-order valence-corrected chi connectivity index (χ4v) is 2.59. The third-order valence-corrected chi connectivity index (χ3v) is 3.54. The molecule has 3 unspecified atom stereocenters. The lowest BCUT2D eigenvalue weighted by Gasteiger charge is -2.32. The molecular weight excluding hydrogens is 198 g/mol. The van der Waals surface area contributed by atoms with Gasteiger partial charge in [0.2, 0.25) is 0 Å². The summed E-state index contributed by atoms with van der Waals surface area (Å²) >= 11 is 0. The molecule has 1 aliphatic carbocycles. The topological polar surface area (TPSA) is 32.3 Å². The maximum atomic E-state index is 9.93. The quantitative estimate of drug-likeness (QED) is 0.653. The first-order valence-corrected chi connectivity index (χ1v) is 6.83. The molecule has 2 heteroatoms. The van der Waals surface area contributed by atoms with Crippen LogP contribution in [0, 0.1) is 0 Å². The van der Waals surface area contributed by atoms with Crippen molar-refractivity contribution >= 4 is 0 Å². The lowest BCUT2D eigenvalue weighted by atomic mass is 9.91. The smallest absolute Gasteiger partial charge is 0.0693 e. The molecule has 2 N–H and O–H groups in total. The summed E-state index contributed by atoms with van der Waals surface area (Å²) in [6.45, 7) is 6.00. The Balaban J connectivity index is 2.35. The van der Waals surface area contributed by atoms with Crippen LogP contribution in [0.2, 0.25) is 0 Å². The first kappa shape index (κ1) is 13.7. The summed E-state index contributed by atoms with van der Waals surface area (Å²) in [5.74, 6) is 0. The van der Waals surface area contributed by atoms with Crippen LogP contribution in [0.15, 0.2) is 12.7 Å². The Morgan fingerprint density at radius 3 is 2.75 bits per heavy atom. The van der Waals surface area contributed by atoms with Gasteiger partial charge in [0.15, 0.2) is 0 Å². The van der Waals surface area contributed by atoms with Gasteiger partial charge in [0.25, 0.3) is 0 Å². The molecule has 0 amide bonds. The average molecular weight is 225 g/mol. The molecular formula is C14H27NO. The highest BCUT2D eigenvalue weighted by Gasteiger charge is 2.24. The maximum absolute atomic E-state index is 9.93. The molecule has 1 fully saturated rings. The van der Waals surface area contributed by atoms with E-state index in [1.54, 1.807) is 0 Å². The molecule has 1 rings (SSSR count). The van der Waals surface area contributed by atoms with E-state index in [0.717, 1.165) is 25.7 Å². The van der Waals surface area contributed by atoms with Crippen molar-refractivity contribution in [2.75, 3.05) is 0 Å². The highest BCUT2D eigenvalue weighted by Crippen LogP contribution is 2.20. The molecule has 0 aromatic heterocycles. The Bertz CT molecular complexity index is 193. The van der Waals surface area contributed by atoms with Crippen LogP contribution in [0.4, 0.5) is 0 Å². The number of rotatable bonds is 7. The molecule has 0 heterocycles. The number of hydrogen-bond acceptors (Lipinski definition) is 2. The molecule has 0 radical (unpaired) electrons. The van der Waals surface area contributed by atoms with Gasteiger partial charge >= 0.3 is 0 Å². The van der Waals surface area contributed by atoms with Crippen LogP contribution in [0.3, 0.4) is 0 Å². The Kier molecular flexibility index (Phi) is 6.74. The van der Waals surface area contributed by atoms with Gasteiger partial charge < -0.3 is 10.4 Å². The van der Waals surface area contributed by atoms with E-state index in [-0.39, 0.29) is 6.10 Å². The van der Waals surface area contributed by atoms with Crippen molar-refractivity contribution < 1.29 is 5.11 Å². The summed E-state index contributed by atoms with van der Waals surface area (Å²) in [5, 5.41) is 13.6. The number of nitrogens with one attached hydrogen (secondary N) is 1. The molecule has 0 saturated heterocycles. The zero-order valence-electron chi connectivity index (χ0n) is 10.6. The van der Waals surface area contributed by atoms with Gasteiger partial charge in [-0.1, -0.05) is 32.3 Å². The standard InChI is InChI=1S/C14H27NO/c1-3-5-9-12(8-4-2)15-13-10-6-7-11-14(13)16/h3,12-16H,1,4-11H2,2H3. The van der Waals surface area contributed by atoms with Gasteiger partial charge in [0.05, 0.1) is 6.10 Å². The second-order valence-corrected chi connectivity index (χ2v) is 4.98. The Morgan fingerprint density at radius 2 is 2.12 bits per heavy atom. The van der Waals surface area contributed by atoms with Crippen molar-refractivity contribution in [3.8, 4) is 0 Å². The lowest BCUT2D eigenvalue weighted by molar-refractivity contribution is 0.0834. The molecule has 3 atom stereocenters. The van der Waals surface area contributed by atoms with Crippen LogP contribution < -0.4 is 5.32 Å². The van der Waals surface area contributed by atoms with Crippen LogP contribution in [0.1, 0.15) is 58.3 Å². The van der Waals surface area contributed by atoms with Crippen molar-refractivity contribution in [1.82, 2.24) is 5.32 Å². The summed E-state index contributed by atoms with van der Waals surface area (Å²) in [6.07, 6.45) is 11.0. The zero-order chi connectivity index (χ0) is 11.8. The van der Waals surface area contributed by atoms with Crippen LogP contribution in [0.25, 0.3) is 0 Å². The van der Waals surface area contributed by atoms with Gasteiger partial charge in [-0.15, -0.1) is 6.58 Å². The Morgan fingerprint density at radius 1 is 1.38 bits per heavy atom. The summed E-state index contributed by atoms with van der Waals surface area (Å²) in [6, 6.07) is 0.885. The van der Waals surface area contributed by atoms with E-state index in [1.807, 2.05) is 6.08 Å². The molecule has 16 heavy (non-hydrogen) atoms. The molecule has 0 aromatic rings. The molecule has 0 bridgehead atoms. The van der Waals surface area contributed by atoms with E-state index in [0.29, 0.717) is 12.1 Å². The summed E-state index contributed by atoms with van der Waals surface area (Å²) in [5.41, 5.74) is 0. The molecule has 2 nitrogen and oxygen atoms in total. The van der Waals surface area contributed by atoms with Crippen molar-refractivity contribution in [3.05, 3.63) is 12.7 Å². The number of aliphatic hydroxyl groups excluding tert-OH is 1. The van der Waals surface area contributed by atoms with E-state index < -0.39 is 0 Å². The minimum Gasteiger partial charge on any atom is -0.392 e. The van der Waals surface area contributed by atoms with Gasteiger partial charge in [-0.3, -0.25) is 0 Å². The second-order valence-electron chi connectivity index (χ2n) is 4.98. The zero-order valence-corrected chi connectivity index (χ0v) is 10.6. The number of allylic oxidation sites excluding steroid dienone is 1. The molecule has 94 valence electrons. The number of hydrogen-bond donors (Lipinski definition) is 2. The second kappa shape index (κ2) is 7.86. The molecule has 0 aromatic carbocycles. The maximum Gasteiger partial charge on any atom is 0.0693 e. The van der Waals surface area contributed by atoms with E-state index >= 15 is 0 Å². The highest BCUT2D eigenvalue weighted by atomic mass is 16.3. The SMILES string of the molecule is C=CCCC(CCC)NC1CCCCC1O. The molecule has 1 aliphatic rings. The largest absolute Gasteiger partial charge is 0.392 e. The van der Waals surface area contributed by atoms with Crippen molar-refractivity contribution in [2.24, 2.45) is 0 Å². The van der Waals surface area contributed by atoms with Crippen LogP contribution >= 0.6 is 0 Å².